The molecule has 0 bridgehead atoms. The molecular weight excluding hydrogens is 381 g/mol. The second-order valence-electron chi connectivity index (χ2n) is 4.42. The van der Waals surface area contributed by atoms with E-state index in [0.29, 0.717) is 22.9 Å². The van der Waals surface area contributed by atoms with Crippen molar-refractivity contribution >= 4 is 40.1 Å². The van der Waals surface area contributed by atoms with E-state index in [0.717, 1.165) is 16.4 Å². The summed E-state index contributed by atoms with van der Waals surface area (Å²) in [6, 6.07) is 3.62. The van der Waals surface area contributed by atoms with Crippen molar-refractivity contribution in [1.29, 1.82) is 0 Å². The van der Waals surface area contributed by atoms with Crippen LogP contribution < -0.4 is 4.74 Å². The molecule has 1 N–H and O–H groups in total. The van der Waals surface area contributed by atoms with Crippen molar-refractivity contribution in [3.63, 3.8) is 0 Å². The van der Waals surface area contributed by atoms with Crippen LogP contribution in [-0.4, -0.2) is 42.2 Å². The lowest BCUT2D eigenvalue weighted by atomic mass is 10.1. The summed E-state index contributed by atoms with van der Waals surface area (Å²) in [5.41, 5.74) is 0.452. The molecule has 0 aromatic heterocycles. The van der Waals surface area contributed by atoms with Gasteiger partial charge in [-0.3, -0.25) is 4.79 Å². The molecule has 19 heavy (non-hydrogen) atoms. The zero-order valence-corrected chi connectivity index (χ0v) is 13.4. The molecule has 6 heteroatoms. The van der Waals surface area contributed by atoms with Gasteiger partial charge in [0.05, 0.1) is 24.3 Å². The zero-order valence-electron chi connectivity index (χ0n) is 10.5. The average molecular weight is 396 g/mol. The lowest BCUT2D eigenvalue weighted by molar-refractivity contribution is 0.0704. The molecule has 4 nitrogen and oxygen atoms in total. The number of halogens is 2. The van der Waals surface area contributed by atoms with E-state index < -0.39 is 0 Å². The highest BCUT2D eigenvalue weighted by Crippen LogP contribution is 2.33. The number of methoxy groups -OCH3 is 1. The normalized spacial score (nSPS) is 14.3. The minimum atomic E-state index is -0.133. The van der Waals surface area contributed by atoms with Gasteiger partial charge in [-0.25, -0.2) is 0 Å². The Hall–Kier alpha value is -0.530. The van der Waals surface area contributed by atoms with E-state index >= 15 is 0 Å². The highest BCUT2D eigenvalue weighted by atomic mass is 127. The smallest absolute Gasteiger partial charge is 0.258 e. The van der Waals surface area contributed by atoms with Gasteiger partial charge in [-0.15, -0.1) is 0 Å². The fourth-order valence-corrected chi connectivity index (χ4v) is 2.57. The molecule has 1 saturated carbocycles. The third-order valence-electron chi connectivity index (χ3n) is 3.06. The molecule has 1 amide bonds. The van der Waals surface area contributed by atoms with E-state index in [1.807, 2.05) is 0 Å². The Bertz CT molecular complexity index is 491. The second-order valence-corrected chi connectivity index (χ2v) is 5.99. The maximum atomic E-state index is 12.5. The van der Waals surface area contributed by atoms with Gasteiger partial charge in [0.15, 0.2) is 0 Å². The third-order valence-corrected chi connectivity index (χ3v) is 4.59. The van der Waals surface area contributed by atoms with Crippen LogP contribution in [0, 0.1) is 3.57 Å². The van der Waals surface area contributed by atoms with Crippen LogP contribution in [0.5, 0.6) is 5.75 Å². The van der Waals surface area contributed by atoms with E-state index in [1.54, 1.807) is 17.0 Å². The molecule has 0 spiro atoms. The molecule has 1 aromatic carbocycles. The standard InChI is InChI=1S/C13H15ClINO3/c1-19-12-7-11(15)10(14)6-9(12)13(18)16(4-5-17)8-2-3-8/h6-8,17H,2-5H2,1H3. The molecule has 0 aliphatic heterocycles. The molecule has 0 unspecified atom stereocenters. The Kier molecular flexibility index (Phi) is 4.92. The molecule has 0 heterocycles. The van der Waals surface area contributed by atoms with E-state index in [2.05, 4.69) is 22.6 Å². The molecule has 1 aliphatic carbocycles. The van der Waals surface area contributed by atoms with Crippen molar-refractivity contribution < 1.29 is 14.6 Å². The number of nitrogens with zero attached hydrogens (tertiary/aromatic N) is 1. The van der Waals surface area contributed by atoms with Gasteiger partial charge in [-0.2, -0.15) is 0 Å². The van der Waals surface area contributed by atoms with Crippen molar-refractivity contribution in [2.24, 2.45) is 0 Å². The van der Waals surface area contributed by atoms with Gasteiger partial charge in [0.2, 0.25) is 0 Å². The summed E-state index contributed by atoms with van der Waals surface area (Å²) < 4.78 is 6.10. The van der Waals surface area contributed by atoms with Crippen LogP contribution in [0.4, 0.5) is 0 Å². The maximum absolute atomic E-state index is 12.5. The first-order valence-electron chi connectivity index (χ1n) is 6.03. The summed E-state index contributed by atoms with van der Waals surface area (Å²) in [6.07, 6.45) is 1.98. The monoisotopic (exact) mass is 395 g/mol. The van der Waals surface area contributed by atoms with Crippen LogP contribution in [0.2, 0.25) is 5.02 Å². The van der Waals surface area contributed by atoms with Gasteiger partial charge in [0.25, 0.3) is 5.91 Å². The third kappa shape index (κ3) is 3.32. The Morgan fingerprint density at radius 1 is 1.58 bits per heavy atom. The number of benzene rings is 1. The molecule has 104 valence electrons. The van der Waals surface area contributed by atoms with E-state index in [4.69, 9.17) is 21.4 Å². The molecule has 1 fully saturated rings. The Morgan fingerprint density at radius 3 is 2.79 bits per heavy atom. The molecule has 1 aromatic rings. The van der Waals surface area contributed by atoms with Crippen molar-refractivity contribution in [2.45, 2.75) is 18.9 Å². The highest BCUT2D eigenvalue weighted by molar-refractivity contribution is 14.1. The van der Waals surface area contributed by atoms with Crippen LogP contribution in [0.25, 0.3) is 0 Å². The predicted molar refractivity (Wildman–Crippen MR) is 81.9 cm³/mol. The van der Waals surface area contributed by atoms with Crippen LogP contribution in [0.15, 0.2) is 12.1 Å². The van der Waals surface area contributed by atoms with E-state index in [-0.39, 0.29) is 18.6 Å². The summed E-state index contributed by atoms with van der Waals surface area (Å²) in [7, 11) is 1.53. The summed E-state index contributed by atoms with van der Waals surface area (Å²) in [6.45, 7) is 0.304. The number of rotatable bonds is 5. The summed E-state index contributed by atoms with van der Waals surface area (Å²) in [5.74, 6) is 0.383. The van der Waals surface area contributed by atoms with E-state index in [9.17, 15) is 4.79 Å². The average Bonchev–Trinajstić information content (AvgIpc) is 3.22. The van der Waals surface area contributed by atoms with Crippen LogP contribution in [-0.2, 0) is 0 Å². The van der Waals surface area contributed by atoms with Gasteiger partial charge in [0.1, 0.15) is 5.75 Å². The fourth-order valence-electron chi connectivity index (χ4n) is 1.96. The maximum Gasteiger partial charge on any atom is 0.258 e. The predicted octanol–water partition coefficient (Wildman–Crippen LogP) is 2.55. The van der Waals surface area contributed by atoms with Crippen molar-refractivity contribution in [3.05, 3.63) is 26.3 Å². The second kappa shape index (κ2) is 6.28. The Labute approximate surface area is 130 Å². The largest absolute Gasteiger partial charge is 0.496 e. The van der Waals surface area contributed by atoms with Gasteiger partial charge in [-0.05, 0) is 47.6 Å². The van der Waals surface area contributed by atoms with Gasteiger partial charge >= 0.3 is 0 Å². The number of ether oxygens (including phenoxy) is 1. The van der Waals surface area contributed by atoms with Gasteiger partial charge in [-0.1, -0.05) is 11.6 Å². The number of carbonyl (C=O) groups excluding carboxylic acids is 1. The quantitative estimate of drug-likeness (QED) is 0.780. The number of hydrogen-bond acceptors (Lipinski definition) is 3. The number of aliphatic hydroxyl groups excluding tert-OH is 1. The Balaban J connectivity index is 2.33. The first kappa shape index (κ1) is 14.9. The highest BCUT2D eigenvalue weighted by Gasteiger charge is 2.33. The minimum Gasteiger partial charge on any atom is -0.496 e. The summed E-state index contributed by atoms with van der Waals surface area (Å²) in [5, 5.41) is 9.61. The van der Waals surface area contributed by atoms with Gasteiger partial charge in [0, 0.05) is 16.2 Å². The summed E-state index contributed by atoms with van der Waals surface area (Å²) >= 11 is 8.18. The van der Waals surface area contributed by atoms with Crippen LogP contribution >= 0.6 is 34.2 Å². The topological polar surface area (TPSA) is 49.8 Å². The molecule has 1 aliphatic rings. The van der Waals surface area contributed by atoms with Crippen LogP contribution in [0.1, 0.15) is 23.2 Å². The first-order valence-corrected chi connectivity index (χ1v) is 7.49. The first-order chi connectivity index (χ1) is 9.08. The van der Waals surface area contributed by atoms with Crippen molar-refractivity contribution in [3.8, 4) is 5.75 Å². The minimum absolute atomic E-state index is 0.0390. The van der Waals surface area contributed by atoms with Crippen molar-refractivity contribution in [2.75, 3.05) is 20.3 Å². The number of hydrogen-bond donors (Lipinski definition) is 1. The molecule has 0 atom stereocenters. The number of carbonyl (C=O) groups is 1. The zero-order chi connectivity index (χ0) is 14.0. The van der Waals surface area contributed by atoms with Crippen molar-refractivity contribution in [1.82, 2.24) is 4.90 Å². The lowest BCUT2D eigenvalue weighted by Gasteiger charge is -2.22. The molecule has 0 radical (unpaired) electrons. The Morgan fingerprint density at radius 2 is 2.26 bits per heavy atom. The number of aliphatic hydroxyl groups is 1. The molecule has 0 saturated heterocycles. The van der Waals surface area contributed by atoms with E-state index in [1.165, 1.54) is 7.11 Å². The van der Waals surface area contributed by atoms with Gasteiger partial charge < -0.3 is 14.7 Å². The fraction of sp³-hybridized carbons (Fsp3) is 0.462. The molecular formula is C13H15ClINO3. The van der Waals surface area contributed by atoms with Crippen LogP contribution in [0.3, 0.4) is 0 Å². The number of amides is 1. The SMILES string of the molecule is COc1cc(I)c(Cl)cc1C(=O)N(CCO)C1CC1. The molecule has 2 rings (SSSR count). The lowest BCUT2D eigenvalue weighted by Crippen LogP contribution is -2.35. The summed E-state index contributed by atoms with van der Waals surface area (Å²) in [4.78, 5) is 14.2.